The lowest BCUT2D eigenvalue weighted by molar-refractivity contribution is -0.172. The summed E-state index contributed by atoms with van der Waals surface area (Å²) in [5.41, 5.74) is -0.427. The maximum absolute atomic E-state index is 12.7. The van der Waals surface area contributed by atoms with Gasteiger partial charge in [-0.05, 0) is 33.1 Å². The van der Waals surface area contributed by atoms with E-state index in [-0.39, 0.29) is 11.4 Å². The third kappa shape index (κ3) is 2.72. The van der Waals surface area contributed by atoms with Crippen molar-refractivity contribution >= 4 is 6.03 Å². The summed E-state index contributed by atoms with van der Waals surface area (Å²) in [4.78, 5) is 16.9. The average Bonchev–Trinajstić information content (AvgIpc) is 2.87. The molecule has 2 saturated heterocycles. The van der Waals surface area contributed by atoms with Crippen LogP contribution in [0.3, 0.4) is 0 Å². The van der Waals surface area contributed by atoms with Crippen molar-refractivity contribution in [3.05, 3.63) is 0 Å². The fourth-order valence-corrected chi connectivity index (χ4v) is 5.34. The molecule has 1 spiro atoms. The van der Waals surface area contributed by atoms with Gasteiger partial charge in [-0.25, -0.2) is 4.79 Å². The van der Waals surface area contributed by atoms with Gasteiger partial charge in [-0.3, -0.25) is 4.90 Å². The molecule has 0 aromatic heterocycles. The summed E-state index contributed by atoms with van der Waals surface area (Å²) in [6.45, 7) is 8.35. The van der Waals surface area contributed by atoms with Crippen LogP contribution in [0, 0.1) is 11.3 Å². The Morgan fingerprint density at radius 1 is 1.29 bits per heavy atom. The van der Waals surface area contributed by atoms with Crippen molar-refractivity contribution in [2.24, 2.45) is 11.3 Å². The highest BCUT2D eigenvalue weighted by Crippen LogP contribution is 2.62. The number of fused-ring (bicyclic) bond motifs is 2. The predicted octanol–water partition coefficient (Wildman–Crippen LogP) is 1.04. The van der Waals surface area contributed by atoms with Crippen molar-refractivity contribution in [2.75, 3.05) is 39.3 Å². The van der Waals surface area contributed by atoms with Gasteiger partial charge in [0.1, 0.15) is 0 Å². The minimum Gasteiger partial charge on any atom is -0.389 e. The fraction of sp³-hybridized carbons (Fsp3) is 0.944. The topological polar surface area (TPSA) is 65.0 Å². The Kier molecular flexibility index (Phi) is 4.05. The summed E-state index contributed by atoms with van der Waals surface area (Å²) in [7, 11) is 0. The van der Waals surface area contributed by atoms with E-state index >= 15 is 0 Å². The quantitative estimate of drug-likeness (QED) is 0.808. The molecule has 2 saturated carbocycles. The largest absolute Gasteiger partial charge is 0.389 e. The highest BCUT2D eigenvalue weighted by molar-refractivity contribution is 5.75. The van der Waals surface area contributed by atoms with Gasteiger partial charge in [0.05, 0.1) is 11.7 Å². The number of hydrogen-bond donors (Lipinski definition) is 2. The van der Waals surface area contributed by atoms with E-state index in [9.17, 15) is 9.90 Å². The molecule has 0 unspecified atom stereocenters. The highest BCUT2D eigenvalue weighted by Gasteiger charge is 2.67. The van der Waals surface area contributed by atoms with Gasteiger partial charge in [0.2, 0.25) is 0 Å². The number of aliphatic hydroxyl groups is 1. The van der Waals surface area contributed by atoms with Crippen LogP contribution < -0.4 is 5.32 Å². The molecule has 136 valence electrons. The number of rotatable bonds is 3. The molecule has 2 aliphatic heterocycles. The van der Waals surface area contributed by atoms with Gasteiger partial charge in [-0.1, -0.05) is 6.42 Å². The molecule has 4 rings (SSSR count). The Morgan fingerprint density at radius 2 is 2.00 bits per heavy atom. The first kappa shape index (κ1) is 16.6. The Morgan fingerprint density at radius 3 is 2.58 bits per heavy atom. The molecule has 4 fully saturated rings. The van der Waals surface area contributed by atoms with E-state index in [0.29, 0.717) is 24.6 Å². The van der Waals surface area contributed by atoms with Crippen LogP contribution in [0.15, 0.2) is 0 Å². The van der Waals surface area contributed by atoms with Gasteiger partial charge in [0, 0.05) is 56.7 Å². The van der Waals surface area contributed by atoms with Gasteiger partial charge in [0.25, 0.3) is 0 Å². The minimum absolute atomic E-state index is 0.0968. The lowest BCUT2D eigenvalue weighted by Gasteiger charge is -2.63. The number of piperazine rings is 1. The summed E-state index contributed by atoms with van der Waals surface area (Å²) >= 11 is 0. The van der Waals surface area contributed by atoms with Crippen LogP contribution >= 0.6 is 0 Å². The van der Waals surface area contributed by atoms with Gasteiger partial charge in [-0.2, -0.15) is 0 Å². The third-order valence-electron chi connectivity index (χ3n) is 6.59. The normalized spacial score (nSPS) is 35.3. The Labute approximate surface area is 144 Å². The van der Waals surface area contributed by atoms with Crippen LogP contribution in [0.4, 0.5) is 4.79 Å². The molecule has 2 aliphatic carbocycles. The molecule has 24 heavy (non-hydrogen) atoms. The van der Waals surface area contributed by atoms with E-state index in [1.54, 1.807) is 0 Å². The number of amides is 2. The molecule has 2 amide bonds. The van der Waals surface area contributed by atoms with Gasteiger partial charge in [-0.15, -0.1) is 0 Å². The summed E-state index contributed by atoms with van der Waals surface area (Å²) < 4.78 is 5.93. The van der Waals surface area contributed by atoms with Gasteiger partial charge in [0.15, 0.2) is 0 Å². The molecule has 0 aromatic rings. The molecular weight excluding hydrogens is 306 g/mol. The first-order chi connectivity index (χ1) is 11.4. The summed E-state index contributed by atoms with van der Waals surface area (Å²) in [6, 6.07) is 0.417. The minimum atomic E-state index is -0.676. The highest BCUT2D eigenvalue weighted by atomic mass is 16.5. The molecule has 2 N–H and O–H groups in total. The van der Waals surface area contributed by atoms with Crippen LogP contribution in [-0.2, 0) is 4.74 Å². The standard InChI is InChI=1S/C18H31N3O3/c1-17(2,23)12-20-7-9-21(10-8-20)16(22)19-14-13-4-11-24-15(13)18(14)5-3-6-18/h13-15,23H,3-12H2,1-2H3,(H,19,22)/t13-,14+,15+/m0/s1. The van der Waals surface area contributed by atoms with Crippen LogP contribution in [0.1, 0.15) is 39.5 Å². The number of nitrogens with one attached hydrogen (secondary N) is 1. The first-order valence-corrected chi connectivity index (χ1v) is 9.51. The van der Waals surface area contributed by atoms with E-state index in [2.05, 4.69) is 10.2 Å². The summed E-state index contributed by atoms with van der Waals surface area (Å²) in [5.74, 6) is 0.533. The maximum Gasteiger partial charge on any atom is 0.317 e. The molecule has 6 heteroatoms. The number of β-amino-alcohol motifs (C(OH)–C–C–N with tert-alkyl or cyclic N) is 1. The molecule has 4 aliphatic rings. The van der Waals surface area contributed by atoms with Crippen molar-refractivity contribution in [3.8, 4) is 0 Å². The van der Waals surface area contributed by atoms with E-state index in [0.717, 1.165) is 39.2 Å². The van der Waals surface area contributed by atoms with Crippen LogP contribution in [-0.4, -0.2) is 78.0 Å². The Balaban J connectivity index is 1.30. The lowest BCUT2D eigenvalue weighted by Crippen LogP contribution is -2.72. The monoisotopic (exact) mass is 337 g/mol. The SMILES string of the molecule is CC(C)(O)CN1CCN(C(=O)N[C@@H]2[C@@H]3CCO[C@H]3C23CCC3)CC1. The molecule has 3 atom stereocenters. The molecule has 2 heterocycles. The molecule has 0 bridgehead atoms. The maximum atomic E-state index is 12.7. The van der Waals surface area contributed by atoms with Crippen molar-refractivity contribution in [1.82, 2.24) is 15.1 Å². The second kappa shape index (κ2) is 5.85. The number of carbonyl (C=O) groups is 1. The molecular formula is C18H31N3O3. The summed E-state index contributed by atoms with van der Waals surface area (Å²) in [5, 5.41) is 13.3. The molecule has 6 nitrogen and oxygen atoms in total. The van der Waals surface area contributed by atoms with Crippen molar-refractivity contribution in [2.45, 2.75) is 57.3 Å². The lowest BCUT2D eigenvalue weighted by atomic mass is 9.46. The second-order valence-corrected chi connectivity index (χ2v) is 8.83. The van der Waals surface area contributed by atoms with Crippen molar-refractivity contribution < 1.29 is 14.6 Å². The van der Waals surface area contributed by atoms with E-state index in [4.69, 9.17) is 4.74 Å². The zero-order chi connectivity index (χ0) is 16.9. The number of ether oxygens (including phenoxy) is 1. The number of hydrogen-bond acceptors (Lipinski definition) is 4. The second-order valence-electron chi connectivity index (χ2n) is 8.83. The Bertz CT molecular complexity index is 492. The number of urea groups is 1. The van der Waals surface area contributed by atoms with E-state index in [1.807, 2.05) is 18.7 Å². The molecule has 0 aromatic carbocycles. The molecule has 0 radical (unpaired) electrons. The van der Waals surface area contributed by atoms with Crippen molar-refractivity contribution in [1.29, 1.82) is 0 Å². The first-order valence-electron chi connectivity index (χ1n) is 9.51. The van der Waals surface area contributed by atoms with E-state index in [1.165, 1.54) is 19.3 Å². The van der Waals surface area contributed by atoms with Gasteiger partial charge < -0.3 is 20.1 Å². The average molecular weight is 337 g/mol. The summed E-state index contributed by atoms with van der Waals surface area (Å²) in [6.07, 6.45) is 5.18. The fourth-order valence-electron chi connectivity index (χ4n) is 5.34. The number of nitrogens with zero attached hydrogens (tertiary/aromatic N) is 2. The number of carbonyl (C=O) groups excluding carboxylic acids is 1. The van der Waals surface area contributed by atoms with Crippen LogP contribution in [0.25, 0.3) is 0 Å². The Hall–Kier alpha value is -0.850. The van der Waals surface area contributed by atoms with Gasteiger partial charge >= 0.3 is 6.03 Å². The van der Waals surface area contributed by atoms with E-state index < -0.39 is 5.60 Å². The van der Waals surface area contributed by atoms with Crippen LogP contribution in [0.5, 0.6) is 0 Å². The predicted molar refractivity (Wildman–Crippen MR) is 90.8 cm³/mol. The zero-order valence-electron chi connectivity index (χ0n) is 15.0. The zero-order valence-corrected chi connectivity index (χ0v) is 15.0. The smallest absolute Gasteiger partial charge is 0.317 e. The van der Waals surface area contributed by atoms with Crippen LogP contribution in [0.2, 0.25) is 0 Å². The van der Waals surface area contributed by atoms with Crippen molar-refractivity contribution in [3.63, 3.8) is 0 Å². The third-order valence-corrected chi connectivity index (χ3v) is 6.59.